The number of hydrazine groups is 1. The number of rotatable bonds is 3. The van der Waals surface area contributed by atoms with Crippen LogP contribution >= 0.6 is 0 Å². The first kappa shape index (κ1) is 8.71. The summed E-state index contributed by atoms with van der Waals surface area (Å²) in [7, 11) is 0. The van der Waals surface area contributed by atoms with Crippen molar-refractivity contribution >= 4 is 5.82 Å². The summed E-state index contributed by atoms with van der Waals surface area (Å²) in [4.78, 5) is 4.27. The molecule has 0 spiro atoms. The Morgan fingerprint density at radius 2 is 2.29 bits per heavy atom. The van der Waals surface area contributed by atoms with Crippen LogP contribution in [0.25, 0.3) is 0 Å². The van der Waals surface area contributed by atoms with Crippen LogP contribution in [0.1, 0.15) is 5.69 Å². The van der Waals surface area contributed by atoms with Crippen molar-refractivity contribution in [3.63, 3.8) is 0 Å². The van der Waals surface area contributed by atoms with E-state index in [9.17, 15) is 0 Å². The highest BCUT2D eigenvalue weighted by Crippen LogP contribution is 2.04. The Bertz CT molecular complexity index is 395. The van der Waals surface area contributed by atoms with Crippen LogP contribution in [0.4, 0.5) is 5.82 Å². The number of nitrogens with one attached hydrogen (secondary N) is 1. The second kappa shape index (κ2) is 3.89. The molecule has 2 rings (SSSR count). The topological polar surface area (TPSA) is 68.8 Å². The fourth-order valence-corrected chi connectivity index (χ4v) is 1.21. The molecule has 0 atom stereocenters. The predicted octanol–water partition coefficient (Wildman–Crippen LogP) is 0.612. The van der Waals surface area contributed by atoms with Gasteiger partial charge in [0.1, 0.15) is 5.82 Å². The minimum atomic E-state index is 0.655. The monoisotopic (exact) mass is 189 g/mol. The van der Waals surface area contributed by atoms with Crippen LogP contribution in [0.15, 0.2) is 36.7 Å². The van der Waals surface area contributed by atoms with Gasteiger partial charge in [-0.15, -0.1) is 0 Å². The Balaban J connectivity index is 2.17. The minimum absolute atomic E-state index is 0.655. The van der Waals surface area contributed by atoms with Crippen LogP contribution < -0.4 is 11.3 Å². The van der Waals surface area contributed by atoms with Gasteiger partial charge in [-0.2, -0.15) is 5.10 Å². The zero-order valence-electron chi connectivity index (χ0n) is 7.59. The Labute approximate surface area is 81.5 Å². The minimum Gasteiger partial charge on any atom is -0.308 e. The summed E-state index contributed by atoms with van der Waals surface area (Å²) >= 11 is 0. The van der Waals surface area contributed by atoms with Crippen LogP contribution in [0.3, 0.4) is 0 Å². The number of anilines is 1. The van der Waals surface area contributed by atoms with Crippen molar-refractivity contribution in [3.05, 3.63) is 42.4 Å². The first-order chi connectivity index (χ1) is 6.88. The molecule has 72 valence electrons. The Kier molecular flexibility index (Phi) is 2.42. The van der Waals surface area contributed by atoms with Crippen molar-refractivity contribution in [1.29, 1.82) is 0 Å². The third kappa shape index (κ3) is 1.89. The van der Waals surface area contributed by atoms with Crippen LogP contribution in [-0.4, -0.2) is 14.8 Å². The molecule has 0 saturated carbocycles. The molecule has 0 amide bonds. The molecule has 0 saturated heterocycles. The van der Waals surface area contributed by atoms with Gasteiger partial charge in [0, 0.05) is 12.4 Å². The smallest absolute Gasteiger partial charge is 0.140 e. The molecule has 0 radical (unpaired) electrons. The first-order valence-electron chi connectivity index (χ1n) is 4.28. The van der Waals surface area contributed by atoms with Crippen LogP contribution in [0.5, 0.6) is 0 Å². The summed E-state index contributed by atoms with van der Waals surface area (Å²) in [6.07, 6.45) is 3.63. The molecule has 3 N–H and O–H groups in total. The quantitative estimate of drug-likeness (QED) is 0.548. The molecule has 0 bridgehead atoms. The van der Waals surface area contributed by atoms with Gasteiger partial charge in [-0.05, 0) is 18.2 Å². The largest absolute Gasteiger partial charge is 0.308 e. The average Bonchev–Trinajstić information content (AvgIpc) is 2.71. The van der Waals surface area contributed by atoms with Crippen molar-refractivity contribution in [2.45, 2.75) is 6.54 Å². The van der Waals surface area contributed by atoms with E-state index in [-0.39, 0.29) is 0 Å². The molecule has 2 aromatic heterocycles. The van der Waals surface area contributed by atoms with Gasteiger partial charge in [-0.1, -0.05) is 6.07 Å². The molecule has 14 heavy (non-hydrogen) atoms. The average molecular weight is 189 g/mol. The molecule has 2 aromatic rings. The Hall–Kier alpha value is -1.88. The maximum atomic E-state index is 5.26. The van der Waals surface area contributed by atoms with Gasteiger partial charge in [0.15, 0.2) is 0 Å². The number of hydrogen-bond acceptors (Lipinski definition) is 4. The molecule has 0 aliphatic rings. The van der Waals surface area contributed by atoms with Crippen LogP contribution in [-0.2, 0) is 6.54 Å². The van der Waals surface area contributed by atoms with E-state index in [1.165, 1.54) is 0 Å². The first-order valence-corrected chi connectivity index (χ1v) is 4.28. The standard InChI is InChI=1S/C9H11N5/c10-13-9-4-1-3-8(12-9)7-14-6-2-5-11-14/h1-6H,7,10H2,(H,12,13). The molecular weight excluding hydrogens is 178 g/mol. The van der Waals surface area contributed by atoms with E-state index in [0.29, 0.717) is 12.4 Å². The lowest BCUT2D eigenvalue weighted by molar-refractivity contribution is 0.673. The van der Waals surface area contributed by atoms with Crippen molar-refractivity contribution < 1.29 is 0 Å². The van der Waals surface area contributed by atoms with E-state index >= 15 is 0 Å². The van der Waals surface area contributed by atoms with E-state index < -0.39 is 0 Å². The second-order valence-corrected chi connectivity index (χ2v) is 2.86. The fourth-order valence-electron chi connectivity index (χ4n) is 1.21. The van der Waals surface area contributed by atoms with Gasteiger partial charge in [0.2, 0.25) is 0 Å². The van der Waals surface area contributed by atoms with Gasteiger partial charge in [0.25, 0.3) is 0 Å². The maximum absolute atomic E-state index is 5.26. The molecule has 0 aliphatic carbocycles. The van der Waals surface area contributed by atoms with E-state index in [2.05, 4.69) is 15.5 Å². The van der Waals surface area contributed by atoms with E-state index in [4.69, 9.17) is 5.84 Å². The van der Waals surface area contributed by atoms with Gasteiger partial charge in [0.05, 0.1) is 12.2 Å². The number of nitrogens with two attached hydrogens (primary N) is 1. The molecule has 0 fully saturated rings. The summed E-state index contributed by atoms with van der Waals surface area (Å²) in [5.74, 6) is 5.92. The molecule has 0 unspecified atom stereocenters. The van der Waals surface area contributed by atoms with Crippen LogP contribution in [0.2, 0.25) is 0 Å². The van der Waals surface area contributed by atoms with Crippen molar-refractivity contribution in [3.8, 4) is 0 Å². The predicted molar refractivity (Wildman–Crippen MR) is 53.4 cm³/mol. The van der Waals surface area contributed by atoms with Crippen molar-refractivity contribution in [2.75, 3.05) is 5.43 Å². The highest BCUT2D eigenvalue weighted by atomic mass is 15.3. The van der Waals surface area contributed by atoms with Gasteiger partial charge >= 0.3 is 0 Å². The summed E-state index contributed by atoms with van der Waals surface area (Å²) in [5, 5.41) is 4.09. The summed E-state index contributed by atoms with van der Waals surface area (Å²) in [6.45, 7) is 0.655. The number of nitrogen functional groups attached to an aromatic ring is 1. The number of hydrogen-bond donors (Lipinski definition) is 2. The number of aromatic nitrogens is 3. The second-order valence-electron chi connectivity index (χ2n) is 2.86. The lowest BCUT2D eigenvalue weighted by Gasteiger charge is -2.03. The summed E-state index contributed by atoms with van der Waals surface area (Å²) in [6, 6.07) is 7.53. The highest BCUT2D eigenvalue weighted by molar-refractivity contribution is 5.33. The van der Waals surface area contributed by atoms with Gasteiger partial charge in [-0.3, -0.25) is 4.68 Å². The third-order valence-electron chi connectivity index (χ3n) is 1.84. The highest BCUT2D eigenvalue weighted by Gasteiger charge is 1.97. The van der Waals surface area contributed by atoms with Crippen molar-refractivity contribution in [2.24, 2.45) is 5.84 Å². The molecule has 0 aromatic carbocycles. The fraction of sp³-hybridized carbons (Fsp3) is 0.111. The van der Waals surface area contributed by atoms with Crippen LogP contribution in [0, 0.1) is 0 Å². The van der Waals surface area contributed by atoms with Crippen molar-refractivity contribution in [1.82, 2.24) is 14.8 Å². The molecule has 0 aliphatic heterocycles. The van der Waals surface area contributed by atoms with Gasteiger partial charge < -0.3 is 5.43 Å². The Morgan fingerprint density at radius 1 is 1.36 bits per heavy atom. The lowest BCUT2D eigenvalue weighted by atomic mass is 10.3. The Morgan fingerprint density at radius 3 is 3.00 bits per heavy atom. The number of nitrogens with zero attached hydrogens (tertiary/aromatic N) is 3. The molecule has 5 heteroatoms. The zero-order valence-corrected chi connectivity index (χ0v) is 7.59. The van der Waals surface area contributed by atoms with E-state index in [1.54, 1.807) is 6.20 Å². The zero-order chi connectivity index (χ0) is 9.80. The van der Waals surface area contributed by atoms with Gasteiger partial charge in [-0.25, -0.2) is 10.8 Å². The molecular formula is C9H11N5. The lowest BCUT2D eigenvalue weighted by Crippen LogP contribution is -2.10. The maximum Gasteiger partial charge on any atom is 0.140 e. The number of pyridine rings is 1. The van der Waals surface area contributed by atoms with E-state index in [1.807, 2.05) is 35.1 Å². The third-order valence-corrected chi connectivity index (χ3v) is 1.84. The van der Waals surface area contributed by atoms with E-state index in [0.717, 1.165) is 5.69 Å². The SMILES string of the molecule is NNc1cccc(Cn2cccn2)n1. The summed E-state index contributed by atoms with van der Waals surface area (Å²) in [5.41, 5.74) is 3.43. The summed E-state index contributed by atoms with van der Waals surface area (Å²) < 4.78 is 1.81. The normalized spacial score (nSPS) is 10.1. The molecule has 2 heterocycles. The molecule has 5 nitrogen and oxygen atoms in total.